The molecule has 4 aromatic rings. The highest BCUT2D eigenvalue weighted by Crippen LogP contribution is 2.33. The predicted molar refractivity (Wildman–Crippen MR) is 97.8 cm³/mol. The number of allylic oxidation sites excluding steroid dienone is 1. The second kappa shape index (κ2) is 4.71. The van der Waals surface area contributed by atoms with Crippen LogP contribution in [0.25, 0.3) is 32.3 Å². The van der Waals surface area contributed by atoms with Crippen molar-refractivity contribution in [3.8, 4) is 0 Å². The van der Waals surface area contributed by atoms with Gasteiger partial charge >= 0.3 is 0 Å². The van der Waals surface area contributed by atoms with Crippen LogP contribution in [0.1, 0.15) is 13.8 Å². The summed E-state index contributed by atoms with van der Waals surface area (Å²) < 4.78 is 0. The summed E-state index contributed by atoms with van der Waals surface area (Å²) in [6.45, 7) is 4.39. The third-order valence-corrected chi connectivity index (χ3v) is 6.43. The Hall–Kier alpha value is -2.12. The molecule has 0 radical (unpaired) electrons. The topological polar surface area (TPSA) is 0 Å². The van der Waals surface area contributed by atoms with Gasteiger partial charge in [-0.05, 0) is 46.2 Å². The quantitative estimate of drug-likeness (QED) is 0.381. The summed E-state index contributed by atoms with van der Waals surface area (Å²) in [5.74, 6) is 0. The minimum absolute atomic E-state index is 0.337. The molecule has 0 aromatic heterocycles. The molecule has 0 aliphatic carbocycles. The summed E-state index contributed by atoms with van der Waals surface area (Å²) in [5.41, 5.74) is 3.89. The van der Waals surface area contributed by atoms with E-state index in [1.807, 2.05) is 0 Å². The first kappa shape index (κ1) is 12.6. The number of hydrogen-bond acceptors (Lipinski definition) is 0. The molecule has 4 rings (SSSR count). The molecule has 0 amide bonds. The first-order valence-electron chi connectivity index (χ1n) is 7.53. The average Bonchev–Trinajstić information content (AvgIpc) is 2.51. The standard InChI is InChI=1S/C20H18Si/c1-13(2)12-21-18-11-9-16-7-6-14-4-3-5-15-8-10-17(18)20(16)19(14)15/h3-12H,21H2,1-2H3. The molecular weight excluding hydrogens is 268 g/mol. The van der Waals surface area contributed by atoms with Crippen LogP contribution in [-0.4, -0.2) is 9.52 Å². The van der Waals surface area contributed by atoms with Crippen LogP contribution in [0.5, 0.6) is 0 Å². The highest BCUT2D eigenvalue weighted by atomic mass is 28.2. The van der Waals surface area contributed by atoms with Gasteiger partial charge in [0.15, 0.2) is 0 Å². The summed E-state index contributed by atoms with van der Waals surface area (Å²) in [6, 6.07) is 20.4. The van der Waals surface area contributed by atoms with Crippen LogP contribution in [0.15, 0.2) is 65.9 Å². The fourth-order valence-corrected chi connectivity index (χ4v) is 4.68. The monoisotopic (exact) mass is 286 g/mol. The van der Waals surface area contributed by atoms with E-state index < -0.39 is 0 Å². The fraction of sp³-hybridized carbons (Fsp3) is 0.100. The van der Waals surface area contributed by atoms with Gasteiger partial charge in [0.1, 0.15) is 0 Å². The molecule has 21 heavy (non-hydrogen) atoms. The predicted octanol–water partition coefficient (Wildman–Crippen LogP) is 4.30. The van der Waals surface area contributed by atoms with Crippen molar-refractivity contribution in [3.63, 3.8) is 0 Å². The van der Waals surface area contributed by atoms with Crippen LogP contribution in [0, 0.1) is 0 Å². The molecule has 0 saturated heterocycles. The molecule has 0 bridgehead atoms. The Balaban J connectivity index is 2.13. The smallest absolute Gasteiger partial charge is 0.0790 e. The number of hydrogen-bond donors (Lipinski definition) is 0. The zero-order valence-electron chi connectivity index (χ0n) is 12.5. The van der Waals surface area contributed by atoms with Crippen LogP contribution < -0.4 is 5.19 Å². The Labute approximate surface area is 127 Å². The van der Waals surface area contributed by atoms with E-state index in [1.54, 1.807) is 5.19 Å². The van der Waals surface area contributed by atoms with Gasteiger partial charge in [0, 0.05) is 0 Å². The molecule has 0 unspecified atom stereocenters. The van der Waals surface area contributed by atoms with Gasteiger partial charge in [0.25, 0.3) is 0 Å². The highest BCUT2D eigenvalue weighted by molar-refractivity contribution is 6.62. The van der Waals surface area contributed by atoms with Crippen molar-refractivity contribution in [2.75, 3.05) is 0 Å². The second-order valence-electron chi connectivity index (χ2n) is 6.07. The van der Waals surface area contributed by atoms with E-state index in [0.29, 0.717) is 0 Å². The lowest BCUT2D eigenvalue weighted by Gasteiger charge is -2.13. The van der Waals surface area contributed by atoms with Gasteiger partial charge in [-0.15, -0.1) is 0 Å². The molecule has 0 aliphatic heterocycles. The lowest BCUT2D eigenvalue weighted by Crippen LogP contribution is -2.13. The van der Waals surface area contributed by atoms with Crippen molar-refractivity contribution in [2.45, 2.75) is 13.8 Å². The lowest BCUT2D eigenvalue weighted by atomic mass is 9.94. The van der Waals surface area contributed by atoms with E-state index >= 15 is 0 Å². The van der Waals surface area contributed by atoms with Gasteiger partial charge in [-0.1, -0.05) is 71.1 Å². The Kier molecular flexibility index (Phi) is 2.83. The zero-order valence-corrected chi connectivity index (χ0v) is 13.9. The molecule has 4 aromatic carbocycles. The van der Waals surface area contributed by atoms with Gasteiger partial charge in [-0.25, -0.2) is 0 Å². The summed E-state index contributed by atoms with van der Waals surface area (Å²) in [7, 11) is -0.337. The van der Waals surface area contributed by atoms with Crippen LogP contribution in [0.2, 0.25) is 0 Å². The van der Waals surface area contributed by atoms with Crippen LogP contribution in [0.4, 0.5) is 0 Å². The highest BCUT2D eigenvalue weighted by Gasteiger charge is 2.09. The van der Waals surface area contributed by atoms with Crippen molar-refractivity contribution in [2.24, 2.45) is 0 Å². The Bertz CT molecular complexity index is 959. The summed E-state index contributed by atoms with van der Waals surface area (Å²) in [6.07, 6.45) is 0. The molecule has 0 aliphatic rings. The van der Waals surface area contributed by atoms with E-state index in [2.05, 4.69) is 74.1 Å². The zero-order chi connectivity index (χ0) is 14.4. The first-order chi connectivity index (χ1) is 10.2. The largest absolute Gasteiger partial charge is 0.0974 e. The fourth-order valence-electron chi connectivity index (χ4n) is 3.29. The van der Waals surface area contributed by atoms with Gasteiger partial charge in [0.05, 0.1) is 9.52 Å². The van der Waals surface area contributed by atoms with Crippen molar-refractivity contribution >= 4 is 47.0 Å². The van der Waals surface area contributed by atoms with Crippen LogP contribution in [-0.2, 0) is 0 Å². The maximum atomic E-state index is 2.45. The van der Waals surface area contributed by atoms with Crippen LogP contribution in [0.3, 0.4) is 0 Å². The van der Waals surface area contributed by atoms with E-state index in [0.717, 1.165) is 0 Å². The SMILES string of the molecule is CC(C)=C[SiH2]c1ccc2ccc3cccc4ccc1c2c34. The maximum Gasteiger partial charge on any atom is 0.0790 e. The molecule has 0 heterocycles. The van der Waals surface area contributed by atoms with E-state index in [9.17, 15) is 0 Å². The lowest BCUT2D eigenvalue weighted by molar-refractivity contribution is 1.41. The molecule has 0 N–H and O–H groups in total. The minimum Gasteiger partial charge on any atom is -0.0974 e. The molecule has 0 atom stereocenters. The van der Waals surface area contributed by atoms with Crippen LogP contribution >= 0.6 is 0 Å². The Morgan fingerprint density at radius 2 is 1.38 bits per heavy atom. The molecule has 0 nitrogen and oxygen atoms in total. The third kappa shape index (κ3) is 1.97. The Morgan fingerprint density at radius 1 is 0.762 bits per heavy atom. The van der Waals surface area contributed by atoms with Gasteiger partial charge < -0.3 is 0 Å². The number of benzene rings is 4. The van der Waals surface area contributed by atoms with Crippen molar-refractivity contribution in [1.82, 2.24) is 0 Å². The second-order valence-corrected chi connectivity index (χ2v) is 7.64. The third-order valence-electron chi connectivity index (χ3n) is 4.35. The summed E-state index contributed by atoms with van der Waals surface area (Å²) in [5, 5.41) is 9.98. The van der Waals surface area contributed by atoms with Gasteiger partial charge in [-0.3, -0.25) is 0 Å². The molecule has 0 spiro atoms. The maximum absolute atomic E-state index is 2.45. The normalized spacial score (nSPS) is 12.1. The van der Waals surface area contributed by atoms with Gasteiger partial charge in [-0.2, -0.15) is 0 Å². The van der Waals surface area contributed by atoms with E-state index in [4.69, 9.17) is 0 Å². The molecule has 0 fully saturated rings. The van der Waals surface area contributed by atoms with Crippen molar-refractivity contribution in [3.05, 3.63) is 65.9 Å². The van der Waals surface area contributed by atoms with Crippen molar-refractivity contribution < 1.29 is 0 Å². The number of rotatable bonds is 2. The summed E-state index contributed by atoms with van der Waals surface area (Å²) in [4.78, 5) is 0. The van der Waals surface area contributed by atoms with E-state index in [-0.39, 0.29) is 9.52 Å². The minimum atomic E-state index is -0.337. The summed E-state index contributed by atoms with van der Waals surface area (Å²) >= 11 is 0. The Morgan fingerprint density at radius 3 is 2.10 bits per heavy atom. The molecule has 102 valence electrons. The molecule has 0 saturated carbocycles. The molecule has 1 heteroatoms. The first-order valence-corrected chi connectivity index (χ1v) is 9.05. The average molecular weight is 286 g/mol. The molecular formula is C20H18Si. The van der Waals surface area contributed by atoms with Crippen molar-refractivity contribution in [1.29, 1.82) is 0 Å². The van der Waals surface area contributed by atoms with Gasteiger partial charge in [0.2, 0.25) is 0 Å². The van der Waals surface area contributed by atoms with E-state index in [1.165, 1.54) is 37.9 Å².